The molecule has 0 N–H and O–H groups in total. The van der Waals surface area contributed by atoms with Gasteiger partial charge in [-0.05, 0) is 49.2 Å². The topological polar surface area (TPSA) is 103 Å². The number of carbonyl (C=O) groups is 1. The molecule has 30 heavy (non-hydrogen) atoms. The summed E-state index contributed by atoms with van der Waals surface area (Å²) in [6.45, 7) is 0.473. The van der Waals surface area contributed by atoms with E-state index in [0.29, 0.717) is 35.1 Å². The Balaban J connectivity index is 1.29. The summed E-state index contributed by atoms with van der Waals surface area (Å²) < 4.78 is 42.6. The summed E-state index contributed by atoms with van der Waals surface area (Å²) in [6.07, 6.45) is 2.31. The lowest BCUT2D eigenvalue weighted by Crippen LogP contribution is -2.40. The van der Waals surface area contributed by atoms with Crippen LogP contribution in [-0.2, 0) is 26.2 Å². The number of benzene rings is 1. The van der Waals surface area contributed by atoms with Gasteiger partial charge in [0.05, 0.1) is 17.1 Å². The lowest BCUT2D eigenvalue weighted by Gasteiger charge is -2.30. The zero-order chi connectivity index (χ0) is 21.1. The van der Waals surface area contributed by atoms with E-state index in [1.165, 1.54) is 22.7 Å². The Morgan fingerprint density at radius 3 is 2.57 bits per heavy atom. The standard InChI is InChI=1S/C20H19ClN2O6S/c21-15-3-5-17(6-4-15)30(25,26)23-9-7-14(8-10-23)20(24)28-13-16-12-19(29-22-16)18-2-1-11-27-18/h1-6,11-12,14H,7-10,13H2. The predicted octanol–water partition coefficient (Wildman–Crippen LogP) is 3.73. The van der Waals surface area contributed by atoms with Crippen LogP contribution in [0.4, 0.5) is 0 Å². The molecule has 158 valence electrons. The Labute approximate surface area is 178 Å². The third-order valence-electron chi connectivity index (χ3n) is 4.92. The molecule has 0 spiro atoms. The van der Waals surface area contributed by atoms with E-state index in [1.54, 1.807) is 30.3 Å². The Morgan fingerprint density at radius 1 is 1.17 bits per heavy atom. The van der Waals surface area contributed by atoms with Crippen LogP contribution in [-0.4, -0.2) is 36.9 Å². The number of piperidine rings is 1. The molecular weight excluding hydrogens is 432 g/mol. The molecule has 0 bridgehead atoms. The van der Waals surface area contributed by atoms with Gasteiger partial charge in [0.1, 0.15) is 12.3 Å². The average molecular weight is 451 g/mol. The summed E-state index contributed by atoms with van der Waals surface area (Å²) in [5.74, 6) is 0.250. The second kappa shape index (κ2) is 8.63. The van der Waals surface area contributed by atoms with Gasteiger partial charge in [-0.1, -0.05) is 16.8 Å². The lowest BCUT2D eigenvalue weighted by atomic mass is 9.98. The molecule has 1 fully saturated rings. The number of halogens is 1. The molecule has 10 heteroatoms. The molecule has 3 aromatic rings. The van der Waals surface area contributed by atoms with Crippen molar-refractivity contribution in [1.82, 2.24) is 9.46 Å². The van der Waals surface area contributed by atoms with Crippen LogP contribution in [0, 0.1) is 5.92 Å². The number of nitrogens with zero attached hydrogens (tertiary/aromatic N) is 2. The summed E-state index contributed by atoms with van der Waals surface area (Å²) in [5, 5.41) is 4.34. The Bertz CT molecular complexity index is 1100. The first-order chi connectivity index (χ1) is 14.4. The largest absolute Gasteiger partial charge is 0.461 e. The number of hydrogen-bond donors (Lipinski definition) is 0. The number of rotatable bonds is 6. The zero-order valence-electron chi connectivity index (χ0n) is 15.9. The van der Waals surface area contributed by atoms with E-state index in [0.717, 1.165) is 0 Å². The predicted molar refractivity (Wildman–Crippen MR) is 107 cm³/mol. The summed E-state index contributed by atoms with van der Waals surface area (Å²) in [6, 6.07) is 11.2. The number of aromatic nitrogens is 1. The fourth-order valence-electron chi connectivity index (χ4n) is 3.27. The molecule has 0 saturated carbocycles. The maximum atomic E-state index is 12.7. The second-order valence-corrected chi connectivity index (χ2v) is 9.27. The Kier molecular flexibility index (Phi) is 5.94. The molecule has 1 aliphatic rings. The summed E-state index contributed by atoms with van der Waals surface area (Å²) in [4.78, 5) is 12.6. The second-order valence-electron chi connectivity index (χ2n) is 6.90. The molecule has 1 aromatic carbocycles. The molecule has 4 rings (SSSR count). The molecule has 1 aliphatic heterocycles. The average Bonchev–Trinajstić information content (AvgIpc) is 3.44. The van der Waals surface area contributed by atoms with E-state index >= 15 is 0 Å². The van der Waals surface area contributed by atoms with Crippen molar-refractivity contribution in [1.29, 1.82) is 0 Å². The van der Waals surface area contributed by atoms with E-state index in [2.05, 4.69) is 5.16 Å². The van der Waals surface area contributed by atoms with Gasteiger partial charge in [-0.3, -0.25) is 4.79 Å². The van der Waals surface area contributed by atoms with Gasteiger partial charge >= 0.3 is 5.97 Å². The maximum Gasteiger partial charge on any atom is 0.309 e. The summed E-state index contributed by atoms with van der Waals surface area (Å²) in [5.41, 5.74) is 0.470. The highest BCUT2D eigenvalue weighted by Crippen LogP contribution is 2.26. The van der Waals surface area contributed by atoms with Crippen molar-refractivity contribution in [3.8, 4) is 11.5 Å². The highest BCUT2D eigenvalue weighted by Gasteiger charge is 2.32. The van der Waals surface area contributed by atoms with Crippen LogP contribution in [0.2, 0.25) is 5.02 Å². The quantitative estimate of drug-likeness (QED) is 0.527. The van der Waals surface area contributed by atoms with Gasteiger partial charge in [0.15, 0.2) is 5.76 Å². The minimum absolute atomic E-state index is 0.0215. The van der Waals surface area contributed by atoms with Gasteiger partial charge in [-0.25, -0.2) is 8.42 Å². The Morgan fingerprint density at radius 2 is 1.90 bits per heavy atom. The van der Waals surface area contributed by atoms with Crippen LogP contribution in [0.25, 0.3) is 11.5 Å². The van der Waals surface area contributed by atoms with Crippen LogP contribution in [0.15, 0.2) is 62.6 Å². The third-order valence-corrected chi connectivity index (χ3v) is 7.09. The van der Waals surface area contributed by atoms with E-state index in [-0.39, 0.29) is 36.5 Å². The molecule has 2 aromatic heterocycles. The molecule has 0 aliphatic carbocycles. The SMILES string of the molecule is O=C(OCc1cc(-c2ccco2)on1)C1CCN(S(=O)(=O)c2ccc(Cl)cc2)CC1. The van der Waals surface area contributed by atoms with Crippen molar-refractivity contribution in [3.63, 3.8) is 0 Å². The molecule has 8 nitrogen and oxygen atoms in total. The zero-order valence-corrected chi connectivity index (χ0v) is 17.4. The summed E-state index contributed by atoms with van der Waals surface area (Å²) in [7, 11) is -3.61. The molecule has 1 saturated heterocycles. The number of hydrogen-bond acceptors (Lipinski definition) is 7. The molecule has 3 heterocycles. The van der Waals surface area contributed by atoms with E-state index in [4.69, 9.17) is 25.3 Å². The first-order valence-corrected chi connectivity index (χ1v) is 11.2. The number of sulfonamides is 1. The smallest absolute Gasteiger partial charge is 0.309 e. The first-order valence-electron chi connectivity index (χ1n) is 9.35. The van der Waals surface area contributed by atoms with Crippen LogP contribution in [0.3, 0.4) is 0 Å². The van der Waals surface area contributed by atoms with Crippen molar-refractivity contribution < 1.29 is 26.9 Å². The van der Waals surface area contributed by atoms with E-state index in [9.17, 15) is 13.2 Å². The minimum Gasteiger partial charge on any atom is -0.461 e. The maximum absolute atomic E-state index is 12.7. The Hall–Kier alpha value is -2.62. The molecular formula is C20H19ClN2O6S. The first kappa shape index (κ1) is 20.6. The van der Waals surface area contributed by atoms with E-state index in [1.807, 2.05) is 0 Å². The molecule has 0 unspecified atom stereocenters. The van der Waals surface area contributed by atoms with Gasteiger partial charge in [-0.2, -0.15) is 4.31 Å². The van der Waals surface area contributed by atoms with Crippen molar-refractivity contribution in [2.75, 3.05) is 13.1 Å². The van der Waals surface area contributed by atoms with Crippen molar-refractivity contribution in [2.45, 2.75) is 24.3 Å². The monoisotopic (exact) mass is 450 g/mol. The van der Waals surface area contributed by atoms with Crippen LogP contribution < -0.4 is 0 Å². The molecule has 0 radical (unpaired) electrons. The third kappa shape index (κ3) is 4.43. The number of esters is 1. The number of furan rings is 1. The van der Waals surface area contributed by atoms with E-state index < -0.39 is 10.0 Å². The summed E-state index contributed by atoms with van der Waals surface area (Å²) >= 11 is 5.83. The lowest BCUT2D eigenvalue weighted by molar-refractivity contribution is -0.151. The van der Waals surface area contributed by atoms with Crippen LogP contribution in [0.1, 0.15) is 18.5 Å². The van der Waals surface area contributed by atoms with Crippen molar-refractivity contribution >= 4 is 27.6 Å². The molecule has 0 atom stereocenters. The highest BCUT2D eigenvalue weighted by molar-refractivity contribution is 7.89. The molecule has 0 amide bonds. The van der Waals surface area contributed by atoms with Crippen LogP contribution in [0.5, 0.6) is 0 Å². The van der Waals surface area contributed by atoms with Crippen LogP contribution >= 0.6 is 11.6 Å². The van der Waals surface area contributed by atoms with Crippen molar-refractivity contribution in [3.05, 3.63) is 59.4 Å². The normalized spacial score (nSPS) is 15.9. The van der Waals surface area contributed by atoms with Gasteiger partial charge in [0.2, 0.25) is 15.8 Å². The fourth-order valence-corrected chi connectivity index (χ4v) is 4.86. The van der Waals surface area contributed by atoms with Crippen molar-refractivity contribution in [2.24, 2.45) is 5.92 Å². The van der Waals surface area contributed by atoms with Gasteiger partial charge in [-0.15, -0.1) is 0 Å². The van der Waals surface area contributed by atoms with Gasteiger partial charge in [0.25, 0.3) is 0 Å². The highest BCUT2D eigenvalue weighted by atomic mass is 35.5. The minimum atomic E-state index is -3.61. The van der Waals surface area contributed by atoms with Gasteiger partial charge < -0.3 is 13.7 Å². The van der Waals surface area contributed by atoms with Gasteiger partial charge in [0, 0.05) is 24.2 Å². The fraction of sp³-hybridized carbons (Fsp3) is 0.300. The number of carbonyl (C=O) groups excluding carboxylic acids is 1. The number of ether oxygens (including phenoxy) is 1.